The Kier molecular flexibility index (Phi) is 11.0. The van der Waals surface area contributed by atoms with Crippen LogP contribution in [0.15, 0.2) is 41.3 Å². The van der Waals surface area contributed by atoms with Gasteiger partial charge < -0.3 is 19.9 Å². The topological polar surface area (TPSA) is 91.6 Å². The van der Waals surface area contributed by atoms with Crippen molar-refractivity contribution in [2.75, 3.05) is 14.1 Å². The number of nitrogens with zero attached hydrogens (tertiary/aromatic N) is 2. The van der Waals surface area contributed by atoms with E-state index in [0.717, 1.165) is 33.5 Å². The second-order valence-corrected chi connectivity index (χ2v) is 12.1. The van der Waals surface area contributed by atoms with Gasteiger partial charge in [-0.25, -0.2) is 8.78 Å². The third-order valence-electron chi connectivity index (χ3n) is 7.38. The number of hydrogen-bond acceptors (Lipinski definition) is 4. The average molecular weight is 636 g/mol. The van der Waals surface area contributed by atoms with E-state index < -0.39 is 64.9 Å². The predicted molar refractivity (Wildman–Crippen MR) is 161 cm³/mol. The van der Waals surface area contributed by atoms with Gasteiger partial charge in [0.05, 0.1) is 18.0 Å². The molecule has 1 aromatic heterocycles. The van der Waals surface area contributed by atoms with E-state index in [1.165, 1.54) is 11.0 Å². The summed E-state index contributed by atoms with van der Waals surface area (Å²) in [6, 6.07) is 3.49. The van der Waals surface area contributed by atoms with Crippen LogP contribution in [0.25, 0.3) is 11.1 Å². The number of aliphatic carboxylic acids is 1. The monoisotopic (exact) mass is 635 g/mol. The molecule has 1 amide bonds. The van der Waals surface area contributed by atoms with Gasteiger partial charge in [-0.1, -0.05) is 31.5 Å². The molecule has 0 spiro atoms. The minimum Gasteiger partial charge on any atom is -0.481 e. The number of carboxylic acids is 1. The number of carbonyl (C=O) groups is 2. The van der Waals surface area contributed by atoms with Gasteiger partial charge in [-0.05, 0) is 87.2 Å². The summed E-state index contributed by atoms with van der Waals surface area (Å²) in [6.45, 7) is 8.76. The molecule has 0 saturated carbocycles. The molecule has 0 fully saturated rings. The lowest BCUT2D eigenvalue weighted by molar-refractivity contribution is -0.139. The molecule has 0 aliphatic rings. The van der Waals surface area contributed by atoms with Crippen molar-refractivity contribution in [3.05, 3.63) is 91.9 Å². The molecular formula is C33H38F5N3O4. The fourth-order valence-corrected chi connectivity index (χ4v) is 5.68. The first kappa shape index (κ1) is 35.4. The maximum absolute atomic E-state index is 15.4. The van der Waals surface area contributed by atoms with Crippen LogP contribution in [0.2, 0.25) is 0 Å². The van der Waals surface area contributed by atoms with E-state index >= 15 is 8.78 Å². The number of halogens is 5. The molecular weight excluding hydrogens is 597 g/mol. The Morgan fingerprint density at radius 3 is 2.11 bits per heavy atom. The van der Waals surface area contributed by atoms with E-state index in [9.17, 15) is 32.7 Å². The standard InChI is InChI=1S/C33H38F5N3O4/c1-17(2)8-27(41-16-22(15-40(6)7)24(13-28(41)42)33(36,37)38)32(45)39-26(14-29(43)44)23-11-21(12-25(34)31(23)35)30-19(4)9-18(3)10-20(30)5/h9-13,16-17,26-27H,8,14-15H2,1-7H3,(H,39,45)(H,43,44)/t26-,27?/m0/s1. The molecule has 1 heterocycles. The van der Waals surface area contributed by atoms with Crippen molar-refractivity contribution < 1.29 is 36.6 Å². The van der Waals surface area contributed by atoms with Crippen molar-refractivity contribution >= 4 is 11.9 Å². The van der Waals surface area contributed by atoms with Crippen LogP contribution in [0, 0.1) is 38.3 Å². The summed E-state index contributed by atoms with van der Waals surface area (Å²) in [5, 5.41) is 12.1. The number of rotatable bonds is 11. The molecule has 45 heavy (non-hydrogen) atoms. The van der Waals surface area contributed by atoms with E-state index in [4.69, 9.17) is 0 Å². The summed E-state index contributed by atoms with van der Waals surface area (Å²) in [7, 11) is 3.09. The molecule has 0 aliphatic heterocycles. The van der Waals surface area contributed by atoms with E-state index in [2.05, 4.69) is 5.32 Å². The minimum absolute atomic E-state index is 0.0169. The average Bonchev–Trinajstić information content (AvgIpc) is 2.87. The highest BCUT2D eigenvalue weighted by atomic mass is 19.4. The molecule has 2 aromatic carbocycles. The summed E-state index contributed by atoms with van der Waals surface area (Å²) in [5.41, 5.74) is 0.489. The molecule has 0 aliphatic carbocycles. The number of amides is 1. The summed E-state index contributed by atoms with van der Waals surface area (Å²) < 4.78 is 72.7. The van der Waals surface area contributed by atoms with Gasteiger partial charge in [0.1, 0.15) is 6.04 Å². The van der Waals surface area contributed by atoms with Crippen molar-refractivity contribution in [3.63, 3.8) is 0 Å². The van der Waals surface area contributed by atoms with Crippen LogP contribution >= 0.6 is 0 Å². The lowest BCUT2D eigenvalue weighted by Gasteiger charge is -2.27. The maximum Gasteiger partial charge on any atom is 0.416 e. The molecule has 3 rings (SSSR count). The first-order valence-electron chi connectivity index (χ1n) is 14.4. The molecule has 0 bridgehead atoms. The third-order valence-corrected chi connectivity index (χ3v) is 7.38. The normalized spacial score (nSPS) is 13.3. The molecule has 3 aromatic rings. The smallest absolute Gasteiger partial charge is 0.416 e. The lowest BCUT2D eigenvalue weighted by Crippen LogP contribution is -2.41. The largest absolute Gasteiger partial charge is 0.481 e. The van der Waals surface area contributed by atoms with Gasteiger partial charge in [-0.2, -0.15) is 13.2 Å². The molecule has 0 saturated heterocycles. The van der Waals surface area contributed by atoms with Crippen molar-refractivity contribution in [2.45, 2.75) is 72.3 Å². The Bertz CT molecular complexity index is 1620. The molecule has 2 N–H and O–H groups in total. The Morgan fingerprint density at radius 1 is 1.00 bits per heavy atom. The van der Waals surface area contributed by atoms with Crippen LogP contribution in [-0.2, 0) is 22.3 Å². The number of nitrogens with one attached hydrogen (secondary N) is 1. The predicted octanol–water partition coefficient (Wildman–Crippen LogP) is 6.72. The van der Waals surface area contributed by atoms with Gasteiger partial charge in [0.25, 0.3) is 5.56 Å². The Labute approximate surface area is 258 Å². The number of aryl methyl sites for hydroxylation is 3. The van der Waals surface area contributed by atoms with Gasteiger partial charge in [0.2, 0.25) is 5.91 Å². The number of pyridine rings is 1. The molecule has 7 nitrogen and oxygen atoms in total. The number of hydrogen-bond donors (Lipinski definition) is 2. The summed E-state index contributed by atoms with van der Waals surface area (Å²) in [5.74, 6) is -5.20. The quantitative estimate of drug-likeness (QED) is 0.229. The third kappa shape index (κ3) is 8.56. The van der Waals surface area contributed by atoms with Gasteiger partial charge in [-0.15, -0.1) is 0 Å². The first-order valence-corrected chi connectivity index (χ1v) is 14.4. The number of carboxylic acid groups (broad SMARTS) is 1. The zero-order chi connectivity index (χ0) is 34.0. The first-order chi connectivity index (χ1) is 20.8. The molecule has 244 valence electrons. The van der Waals surface area contributed by atoms with Crippen molar-refractivity contribution in [2.24, 2.45) is 5.92 Å². The van der Waals surface area contributed by atoms with Crippen LogP contribution in [-0.4, -0.2) is 40.5 Å². The zero-order valence-electron chi connectivity index (χ0n) is 26.3. The highest BCUT2D eigenvalue weighted by Crippen LogP contribution is 2.35. The van der Waals surface area contributed by atoms with Gasteiger partial charge >= 0.3 is 12.1 Å². The van der Waals surface area contributed by atoms with Gasteiger partial charge in [0.15, 0.2) is 11.6 Å². The summed E-state index contributed by atoms with van der Waals surface area (Å²) >= 11 is 0. The highest BCUT2D eigenvalue weighted by molar-refractivity contribution is 5.82. The number of alkyl halides is 3. The highest BCUT2D eigenvalue weighted by Gasteiger charge is 2.36. The number of aromatic nitrogens is 1. The minimum atomic E-state index is -4.83. The summed E-state index contributed by atoms with van der Waals surface area (Å²) in [6.07, 6.45) is -4.70. The molecule has 0 radical (unpaired) electrons. The van der Waals surface area contributed by atoms with Crippen LogP contribution in [0.5, 0.6) is 0 Å². The van der Waals surface area contributed by atoms with E-state index in [0.29, 0.717) is 11.6 Å². The summed E-state index contributed by atoms with van der Waals surface area (Å²) in [4.78, 5) is 40.2. The zero-order valence-corrected chi connectivity index (χ0v) is 26.3. The Balaban J connectivity index is 2.16. The SMILES string of the molecule is Cc1cc(C)c(-c2cc(F)c(F)c([C@H](CC(=O)O)NC(=O)C(CC(C)C)n3cc(CN(C)C)c(C(F)(F)F)cc3=O)c2)c(C)c1. The lowest BCUT2D eigenvalue weighted by atomic mass is 9.90. The van der Waals surface area contributed by atoms with E-state index in [1.54, 1.807) is 41.8 Å². The second kappa shape index (κ2) is 13.9. The fourth-order valence-electron chi connectivity index (χ4n) is 5.68. The van der Waals surface area contributed by atoms with E-state index in [-0.39, 0.29) is 30.0 Å². The Morgan fingerprint density at radius 2 is 1.60 bits per heavy atom. The molecule has 12 heteroatoms. The van der Waals surface area contributed by atoms with Crippen LogP contribution in [0.1, 0.15) is 72.2 Å². The number of benzene rings is 2. The Hall–Kier alpha value is -4.06. The van der Waals surface area contributed by atoms with Gasteiger partial charge in [-0.3, -0.25) is 14.4 Å². The number of carbonyl (C=O) groups excluding carboxylic acids is 1. The van der Waals surface area contributed by atoms with Gasteiger partial charge in [0, 0.05) is 24.4 Å². The molecule has 1 unspecified atom stereocenters. The fraction of sp³-hybridized carbons (Fsp3) is 0.424. The van der Waals surface area contributed by atoms with E-state index in [1.807, 2.05) is 19.1 Å². The van der Waals surface area contributed by atoms with Crippen LogP contribution in [0.4, 0.5) is 22.0 Å². The van der Waals surface area contributed by atoms with Crippen molar-refractivity contribution in [3.8, 4) is 11.1 Å². The van der Waals surface area contributed by atoms with Crippen LogP contribution < -0.4 is 10.9 Å². The second-order valence-electron chi connectivity index (χ2n) is 12.1. The maximum atomic E-state index is 15.4. The van der Waals surface area contributed by atoms with Crippen molar-refractivity contribution in [1.29, 1.82) is 0 Å². The van der Waals surface area contributed by atoms with Crippen LogP contribution in [0.3, 0.4) is 0 Å². The van der Waals surface area contributed by atoms with Crippen molar-refractivity contribution in [1.82, 2.24) is 14.8 Å². The molecule has 2 atom stereocenters.